The molecule has 11 aromatic carbocycles. The van der Waals surface area contributed by atoms with E-state index in [0.29, 0.717) is 5.92 Å². The molecular formula is C115H131N. The zero-order chi connectivity index (χ0) is 79.6. The van der Waals surface area contributed by atoms with Gasteiger partial charge in [0.05, 0.1) is 0 Å². The Morgan fingerprint density at radius 2 is 0.603 bits per heavy atom. The third-order valence-electron chi connectivity index (χ3n) is 28.9. The maximum atomic E-state index is 4.21. The highest BCUT2D eigenvalue weighted by molar-refractivity contribution is 5.90. The normalized spacial score (nSPS) is 14.6. The van der Waals surface area contributed by atoms with Crippen molar-refractivity contribution in [2.45, 2.75) is 288 Å². The Kier molecular flexibility index (Phi) is 25.5. The number of benzene rings is 11. The molecular weight excluding hydrogens is 1400 g/mol. The summed E-state index contributed by atoms with van der Waals surface area (Å²) in [6, 6.07) is 88.8. The molecule has 0 spiro atoms. The van der Waals surface area contributed by atoms with Gasteiger partial charge in [0.25, 0.3) is 0 Å². The van der Waals surface area contributed by atoms with Crippen molar-refractivity contribution >= 4 is 17.1 Å². The predicted octanol–water partition coefficient (Wildman–Crippen LogP) is 33.1. The van der Waals surface area contributed by atoms with Gasteiger partial charge in [0.2, 0.25) is 0 Å². The Balaban J connectivity index is 0.749. The summed E-state index contributed by atoms with van der Waals surface area (Å²) in [5.41, 5.74) is 42.5. The molecule has 11 aromatic rings. The van der Waals surface area contributed by atoms with Gasteiger partial charge in [0.15, 0.2) is 0 Å². The Morgan fingerprint density at radius 1 is 0.302 bits per heavy atom. The van der Waals surface area contributed by atoms with Crippen LogP contribution in [0.4, 0.5) is 17.1 Å². The Bertz CT molecular complexity index is 5150. The van der Waals surface area contributed by atoms with Crippen LogP contribution in [0.15, 0.2) is 244 Å². The van der Waals surface area contributed by atoms with Gasteiger partial charge in [-0.05, 0) is 342 Å². The SMILES string of the molecule is C=CCCCC1(CCCC=C)c2cc(C)ccc2-c2ccc(-c3ccc4c(c3)C(CCCCCc3ccc5c(c3)CC5)(CCCCCc3ccc5c(c3)CC5)c3cc(-c5ccc(N(c6ccc(-c7ccc8c(c7)C(CCCCCCCC)(CCCCCCCC)c7cc(C)ccc7-8)cc6)c6ccc(C(C)CC)cc6)cc5)ccc3-4)cc21. The summed E-state index contributed by atoms with van der Waals surface area (Å²) >= 11 is 0. The summed E-state index contributed by atoms with van der Waals surface area (Å²) in [6.07, 6.45) is 47.0. The number of anilines is 3. The van der Waals surface area contributed by atoms with Gasteiger partial charge >= 0.3 is 0 Å². The van der Waals surface area contributed by atoms with Crippen LogP contribution in [0, 0.1) is 13.8 Å². The third-order valence-corrected chi connectivity index (χ3v) is 28.9. The van der Waals surface area contributed by atoms with Crippen molar-refractivity contribution in [1.82, 2.24) is 0 Å². The highest BCUT2D eigenvalue weighted by atomic mass is 15.1. The smallest absolute Gasteiger partial charge is 0.0462 e. The van der Waals surface area contributed by atoms with Crippen LogP contribution in [-0.2, 0) is 54.8 Å². The Labute approximate surface area is 699 Å². The minimum atomic E-state index is -0.163. The number of aryl methyl sites for hydroxylation is 8. The lowest BCUT2D eigenvalue weighted by atomic mass is 9.69. The first-order chi connectivity index (χ1) is 56.9. The van der Waals surface area contributed by atoms with Crippen molar-refractivity contribution in [1.29, 1.82) is 0 Å². The van der Waals surface area contributed by atoms with E-state index in [-0.39, 0.29) is 16.2 Å². The van der Waals surface area contributed by atoms with Crippen LogP contribution in [0.5, 0.6) is 0 Å². The number of hydrogen-bond acceptors (Lipinski definition) is 1. The van der Waals surface area contributed by atoms with E-state index in [0.717, 1.165) is 76.3 Å². The van der Waals surface area contributed by atoms with Gasteiger partial charge in [-0.25, -0.2) is 0 Å². The molecule has 0 heterocycles. The van der Waals surface area contributed by atoms with Gasteiger partial charge < -0.3 is 4.90 Å². The lowest BCUT2D eigenvalue weighted by Crippen LogP contribution is -2.26. The Morgan fingerprint density at radius 3 is 0.940 bits per heavy atom. The summed E-state index contributed by atoms with van der Waals surface area (Å²) in [5, 5.41) is 0. The van der Waals surface area contributed by atoms with Gasteiger partial charge in [-0.15, -0.1) is 13.2 Å². The number of unbranched alkanes of at least 4 members (excludes halogenated alkanes) is 16. The molecule has 0 radical (unpaired) electrons. The molecule has 596 valence electrons. The molecule has 5 aliphatic rings. The van der Waals surface area contributed by atoms with Crippen LogP contribution in [0.1, 0.15) is 303 Å². The topological polar surface area (TPSA) is 3.24 Å². The van der Waals surface area contributed by atoms with Crippen LogP contribution in [0.25, 0.3) is 66.8 Å². The van der Waals surface area contributed by atoms with E-state index in [1.54, 1.807) is 38.9 Å². The second kappa shape index (κ2) is 36.7. The van der Waals surface area contributed by atoms with Gasteiger partial charge in [-0.3, -0.25) is 0 Å². The van der Waals surface area contributed by atoms with E-state index >= 15 is 0 Å². The molecule has 1 unspecified atom stereocenters. The molecule has 5 aliphatic carbocycles. The van der Waals surface area contributed by atoms with Crippen LogP contribution in [0.2, 0.25) is 0 Å². The molecule has 0 saturated carbocycles. The fourth-order valence-corrected chi connectivity index (χ4v) is 21.8. The number of allylic oxidation sites excluding steroid dienone is 2. The van der Waals surface area contributed by atoms with Gasteiger partial charge in [-0.2, -0.15) is 0 Å². The second-order valence-electron chi connectivity index (χ2n) is 36.4. The van der Waals surface area contributed by atoms with Crippen LogP contribution in [-0.4, -0.2) is 0 Å². The molecule has 1 atom stereocenters. The minimum Gasteiger partial charge on any atom is -0.311 e. The highest BCUT2D eigenvalue weighted by Gasteiger charge is 2.46. The van der Waals surface area contributed by atoms with Crippen LogP contribution in [0.3, 0.4) is 0 Å². The van der Waals surface area contributed by atoms with E-state index in [9.17, 15) is 0 Å². The maximum absolute atomic E-state index is 4.21. The first-order valence-corrected chi connectivity index (χ1v) is 46.3. The summed E-state index contributed by atoms with van der Waals surface area (Å²) in [4.78, 5) is 2.50. The quantitative estimate of drug-likeness (QED) is 0.0272. The monoisotopic (exact) mass is 1530 g/mol. The van der Waals surface area contributed by atoms with Crippen molar-refractivity contribution in [2.24, 2.45) is 0 Å². The number of nitrogens with zero attached hydrogens (tertiary/aromatic N) is 1. The fraction of sp³-hybridized carbons (Fsp3) is 0.391. The van der Waals surface area contributed by atoms with Crippen molar-refractivity contribution in [2.75, 3.05) is 4.90 Å². The average Bonchev–Trinajstić information content (AvgIpc) is 1.57. The first-order valence-electron chi connectivity index (χ1n) is 46.3. The zero-order valence-corrected chi connectivity index (χ0v) is 71.6. The molecule has 0 aliphatic heterocycles. The molecule has 116 heavy (non-hydrogen) atoms. The molecule has 0 amide bonds. The number of hydrogen-bond donors (Lipinski definition) is 0. The third kappa shape index (κ3) is 16.6. The average molecular weight is 1530 g/mol. The molecule has 1 heteroatoms. The maximum Gasteiger partial charge on any atom is 0.0462 e. The number of rotatable bonds is 42. The molecule has 0 aromatic heterocycles. The van der Waals surface area contributed by atoms with Crippen molar-refractivity contribution in [3.8, 4) is 66.8 Å². The van der Waals surface area contributed by atoms with Gasteiger partial charge in [0.1, 0.15) is 0 Å². The summed E-state index contributed by atoms with van der Waals surface area (Å²) in [6.45, 7) is 22.4. The molecule has 0 fully saturated rings. The molecule has 16 rings (SSSR count). The van der Waals surface area contributed by atoms with Crippen molar-refractivity contribution in [3.63, 3.8) is 0 Å². The van der Waals surface area contributed by atoms with E-state index in [2.05, 4.69) is 290 Å². The van der Waals surface area contributed by atoms with Gasteiger partial charge in [-0.1, -0.05) is 311 Å². The van der Waals surface area contributed by atoms with Crippen LogP contribution < -0.4 is 4.90 Å². The zero-order valence-electron chi connectivity index (χ0n) is 71.6. The van der Waals surface area contributed by atoms with Gasteiger partial charge in [0, 0.05) is 33.3 Å². The van der Waals surface area contributed by atoms with E-state index in [1.807, 2.05) is 0 Å². The molecule has 1 nitrogen and oxygen atoms in total. The van der Waals surface area contributed by atoms with Crippen molar-refractivity contribution < 1.29 is 0 Å². The standard InChI is InChI=1S/C115H131N/c1-9-14-18-20-22-30-70-114(71-31-23-21-19-15-10-2)108-75-83(7)36-62-101(108)103-64-52-94(78-109(103)114)90-48-58-99(59-49-90)116(98-56-46-87(47-57-98)84(8)13-5)100-60-50-91(51-61-100)95-53-65-105-106-67-55-97(96-54-66-104-102-63-37-82(6)74-107(102)113(111(104)80-96,68-28-16-11-3)69-29-17-12-4)81-112(106)115(110(105)79-95,72-32-24-26-34-85-38-40-88-42-44-92(88)76-85)73-33-25-27-35-86-39-41-89-43-45-93(89)77-86/h11-12,36-41,46-67,74-81,84H,3-4,9-10,13-35,42-45,68-73H2,1-2,5-8H3. The largest absolute Gasteiger partial charge is 0.311 e. The summed E-state index contributed by atoms with van der Waals surface area (Å²) in [5.74, 6) is 0.492. The number of fused-ring (bicyclic) bond motifs is 11. The van der Waals surface area contributed by atoms with E-state index in [4.69, 9.17) is 0 Å². The van der Waals surface area contributed by atoms with Crippen molar-refractivity contribution in [3.05, 3.63) is 327 Å². The summed E-state index contributed by atoms with van der Waals surface area (Å²) in [7, 11) is 0. The molecule has 0 N–H and O–H groups in total. The molecule has 0 bridgehead atoms. The van der Waals surface area contributed by atoms with E-state index < -0.39 is 0 Å². The second-order valence-corrected chi connectivity index (χ2v) is 36.4. The fourth-order valence-electron chi connectivity index (χ4n) is 21.8. The predicted molar refractivity (Wildman–Crippen MR) is 500 cm³/mol. The minimum absolute atomic E-state index is 0.0276. The lowest BCUT2D eigenvalue weighted by molar-refractivity contribution is 0.398. The van der Waals surface area contributed by atoms with Crippen LogP contribution >= 0.6 is 0 Å². The first kappa shape index (κ1) is 80.5. The lowest BCUT2D eigenvalue weighted by Gasteiger charge is -2.34. The summed E-state index contributed by atoms with van der Waals surface area (Å²) < 4.78 is 0. The Hall–Kier alpha value is -9.30. The molecule has 0 saturated heterocycles. The highest BCUT2D eigenvalue weighted by Crippen LogP contribution is 2.60. The van der Waals surface area contributed by atoms with E-state index in [1.165, 1.54) is 277 Å².